The summed E-state index contributed by atoms with van der Waals surface area (Å²) in [6.45, 7) is 1.87. The molecule has 0 fully saturated rings. The lowest BCUT2D eigenvalue weighted by Crippen LogP contribution is -2.28. The van der Waals surface area contributed by atoms with E-state index in [1.165, 1.54) is 12.1 Å². The van der Waals surface area contributed by atoms with Crippen LogP contribution in [0.1, 0.15) is 15.9 Å². The second-order valence-corrected chi connectivity index (χ2v) is 5.98. The molecule has 1 amide bonds. The van der Waals surface area contributed by atoms with Crippen LogP contribution in [0.15, 0.2) is 47.4 Å². The summed E-state index contributed by atoms with van der Waals surface area (Å²) in [5.74, 6) is -3.30. The van der Waals surface area contributed by atoms with E-state index in [0.29, 0.717) is 5.69 Å². The first-order valence-electron chi connectivity index (χ1n) is 7.11. The number of hydrogen-bond acceptors (Lipinski definition) is 4. The van der Waals surface area contributed by atoms with Gasteiger partial charge in [-0.1, -0.05) is 12.1 Å². The molecule has 122 valence electrons. The van der Waals surface area contributed by atoms with Crippen molar-refractivity contribution >= 4 is 29.1 Å². The number of aryl methyl sites for hydroxylation is 1. The molecule has 0 aliphatic heterocycles. The van der Waals surface area contributed by atoms with Crippen LogP contribution in [0.25, 0.3) is 0 Å². The average molecular weight is 342 g/mol. The lowest BCUT2D eigenvalue weighted by molar-refractivity contribution is -0.117. The van der Waals surface area contributed by atoms with E-state index in [9.17, 15) is 19.2 Å². The Morgan fingerprint density at radius 1 is 1.25 bits per heavy atom. The summed E-state index contributed by atoms with van der Waals surface area (Å²) in [4.78, 5) is 25.0. The number of nitriles is 1. The van der Waals surface area contributed by atoms with Gasteiger partial charge in [0.05, 0.1) is 6.07 Å². The number of ketones is 1. The minimum Gasteiger partial charge on any atom is -0.325 e. The van der Waals surface area contributed by atoms with Crippen LogP contribution < -0.4 is 5.32 Å². The highest BCUT2D eigenvalue weighted by atomic mass is 32.2. The number of carbonyl (C=O) groups excluding carboxylic acids is 2. The molecule has 6 heteroatoms. The van der Waals surface area contributed by atoms with Crippen LogP contribution in [0.2, 0.25) is 0 Å². The number of rotatable bonds is 5. The van der Waals surface area contributed by atoms with Gasteiger partial charge in [-0.05, 0) is 49.1 Å². The van der Waals surface area contributed by atoms with E-state index < -0.39 is 23.4 Å². The van der Waals surface area contributed by atoms with Crippen molar-refractivity contribution in [2.75, 3.05) is 11.6 Å². The smallest absolute Gasteiger partial charge is 0.249 e. The van der Waals surface area contributed by atoms with Crippen LogP contribution >= 0.6 is 11.8 Å². The van der Waals surface area contributed by atoms with Crippen LogP contribution in [0.5, 0.6) is 0 Å². The number of halogens is 1. The van der Waals surface area contributed by atoms with Gasteiger partial charge in [0.25, 0.3) is 0 Å². The van der Waals surface area contributed by atoms with E-state index in [4.69, 9.17) is 0 Å². The summed E-state index contributed by atoms with van der Waals surface area (Å²) in [5.41, 5.74) is 1.58. The van der Waals surface area contributed by atoms with Gasteiger partial charge in [-0.3, -0.25) is 9.59 Å². The number of nitrogens with zero attached hydrogens (tertiary/aromatic N) is 1. The fourth-order valence-electron chi connectivity index (χ4n) is 2.15. The van der Waals surface area contributed by atoms with Gasteiger partial charge >= 0.3 is 0 Å². The lowest BCUT2D eigenvalue weighted by Gasteiger charge is -2.11. The predicted molar refractivity (Wildman–Crippen MR) is 91.4 cm³/mol. The molecule has 0 saturated carbocycles. The molecule has 1 N–H and O–H groups in total. The number of anilines is 1. The van der Waals surface area contributed by atoms with Crippen LogP contribution in [0.3, 0.4) is 0 Å². The zero-order valence-electron chi connectivity index (χ0n) is 13.2. The van der Waals surface area contributed by atoms with Gasteiger partial charge in [-0.25, -0.2) is 4.39 Å². The molecular weight excluding hydrogens is 327 g/mol. The fourth-order valence-corrected chi connectivity index (χ4v) is 2.66. The number of nitrogens with one attached hydrogen (secondary N) is 1. The van der Waals surface area contributed by atoms with Gasteiger partial charge in [0.2, 0.25) is 5.91 Å². The molecule has 2 rings (SSSR count). The molecule has 0 heterocycles. The molecule has 0 aliphatic rings. The number of carbonyl (C=O) groups is 2. The number of amides is 1. The highest BCUT2D eigenvalue weighted by Crippen LogP contribution is 2.22. The third kappa shape index (κ3) is 4.00. The Hall–Kier alpha value is -2.65. The van der Waals surface area contributed by atoms with E-state index in [1.54, 1.807) is 30.5 Å². The molecule has 1 unspecified atom stereocenters. The Labute approximate surface area is 143 Å². The van der Waals surface area contributed by atoms with E-state index in [1.807, 2.05) is 13.0 Å². The normalized spacial score (nSPS) is 11.4. The standard InChI is InChI=1S/C18H15FN2O2S/c1-11-4-3-5-13(8-11)21-18(23)14(10-20)17(22)12-6-7-15(19)16(9-12)24-2/h3-9,14H,1-2H3,(H,21,23). The monoisotopic (exact) mass is 342 g/mol. The van der Waals surface area contributed by atoms with Crippen molar-refractivity contribution in [1.29, 1.82) is 5.26 Å². The first-order chi connectivity index (χ1) is 11.5. The maximum Gasteiger partial charge on any atom is 0.249 e. The molecule has 24 heavy (non-hydrogen) atoms. The summed E-state index contributed by atoms with van der Waals surface area (Å²) in [7, 11) is 0. The van der Waals surface area contributed by atoms with Gasteiger partial charge in [0.15, 0.2) is 11.7 Å². The average Bonchev–Trinajstić information content (AvgIpc) is 2.55. The second kappa shape index (κ2) is 7.75. The number of benzene rings is 2. The predicted octanol–water partition coefficient (Wildman–Crippen LogP) is 3.82. The Kier molecular flexibility index (Phi) is 5.72. The zero-order chi connectivity index (χ0) is 17.7. The van der Waals surface area contributed by atoms with E-state index in [-0.39, 0.29) is 10.5 Å². The van der Waals surface area contributed by atoms with Gasteiger partial charge in [-0.15, -0.1) is 11.8 Å². The van der Waals surface area contributed by atoms with Gasteiger partial charge in [0, 0.05) is 16.1 Å². The topological polar surface area (TPSA) is 70.0 Å². The largest absolute Gasteiger partial charge is 0.325 e. The fraction of sp³-hybridized carbons (Fsp3) is 0.167. The van der Waals surface area contributed by atoms with Crippen LogP contribution in [-0.4, -0.2) is 17.9 Å². The molecule has 0 radical (unpaired) electrons. The molecule has 0 aromatic heterocycles. The first-order valence-corrected chi connectivity index (χ1v) is 8.33. The van der Waals surface area contributed by atoms with Crippen LogP contribution in [0, 0.1) is 30.0 Å². The van der Waals surface area contributed by atoms with Gasteiger partial charge in [0.1, 0.15) is 5.82 Å². The molecule has 2 aromatic carbocycles. The summed E-state index contributed by atoms with van der Waals surface area (Å²) in [6, 6.07) is 12.6. The van der Waals surface area contributed by atoms with E-state index in [2.05, 4.69) is 5.32 Å². The van der Waals surface area contributed by atoms with Crippen molar-refractivity contribution in [3.05, 3.63) is 59.4 Å². The number of hydrogen-bond donors (Lipinski definition) is 1. The van der Waals surface area contributed by atoms with Crippen molar-refractivity contribution in [2.45, 2.75) is 11.8 Å². The number of Topliss-reactive ketones (excluding diaryl/α,β-unsaturated/α-hetero) is 1. The van der Waals surface area contributed by atoms with Crippen molar-refractivity contribution in [1.82, 2.24) is 0 Å². The molecule has 2 aromatic rings. The molecule has 0 aliphatic carbocycles. The van der Waals surface area contributed by atoms with E-state index >= 15 is 0 Å². The highest BCUT2D eigenvalue weighted by molar-refractivity contribution is 7.98. The SMILES string of the molecule is CSc1cc(C(=O)C(C#N)C(=O)Nc2cccc(C)c2)ccc1F. The minimum absolute atomic E-state index is 0.131. The molecule has 1 atom stereocenters. The molecule has 0 bridgehead atoms. The zero-order valence-corrected chi connectivity index (χ0v) is 14.0. The summed E-state index contributed by atoms with van der Waals surface area (Å²) < 4.78 is 13.5. The summed E-state index contributed by atoms with van der Waals surface area (Å²) in [6.07, 6.45) is 1.68. The van der Waals surface area contributed by atoms with Gasteiger partial charge < -0.3 is 5.32 Å². The maximum absolute atomic E-state index is 13.5. The molecule has 4 nitrogen and oxygen atoms in total. The van der Waals surface area contributed by atoms with Crippen molar-refractivity contribution in [3.8, 4) is 6.07 Å². The van der Waals surface area contributed by atoms with Crippen LogP contribution in [-0.2, 0) is 4.79 Å². The van der Waals surface area contributed by atoms with Gasteiger partial charge in [-0.2, -0.15) is 5.26 Å². The van der Waals surface area contributed by atoms with Crippen molar-refractivity contribution < 1.29 is 14.0 Å². The second-order valence-electron chi connectivity index (χ2n) is 5.13. The molecule has 0 spiro atoms. The Bertz CT molecular complexity index is 830. The molecular formula is C18H15FN2O2S. The Morgan fingerprint density at radius 3 is 2.62 bits per heavy atom. The number of thioether (sulfide) groups is 1. The third-order valence-corrected chi connectivity index (χ3v) is 4.13. The van der Waals surface area contributed by atoms with Crippen LogP contribution in [0.4, 0.5) is 10.1 Å². The minimum atomic E-state index is -1.49. The van der Waals surface area contributed by atoms with Crippen molar-refractivity contribution in [2.24, 2.45) is 5.92 Å². The maximum atomic E-state index is 13.5. The van der Waals surface area contributed by atoms with Crippen molar-refractivity contribution in [3.63, 3.8) is 0 Å². The summed E-state index contributed by atoms with van der Waals surface area (Å²) >= 11 is 1.15. The lowest BCUT2D eigenvalue weighted by atomic mass is 9.98. The Morgan fingerprint density at radius 2 is 2.00 bits per heavy atom. The summed E-state index contributed by atoms with van der Waals surface area (Å²) in [5, 5.41) is 11.8. The highest BCUT2D eigenvalue weighted by Gasteiger charge is 2.28. The Balaban J connectivity index is 2.22. The third-order valence-electron chi connectivity index (χ3n) is 3.37. The quantitative estimate of drug-likeness (QED) is 0.509. The first kappa shape index (κ1) is 17.7. The molecule has 0 saturated heterocycles. The van der Waals surface area contributed by atoms with E-state index in [0.717, 1.165) is 23.4 Å².